The molecule has 0 atom stereocenters. The SMILES string of the molecule is COc1c(C)cnc(CNC(=O)C(C)(C)Oc2ccc(Cl)cc2)c1C. The van der Waals surface area contributed by atoms with Crippen LogP contribution >= 0.6 is 11.6 Å². The van der Waals surface area contributed by atoms with Crippen molar-refractivity contribution in [2.75, 3.05) is 7.11 Å². The minimum absolute atomic E-state index is 0.233. The van der Waals surface area contributed by atoms with E-state index in [0.717, 1.165) is 22.6 Å². The van der Waals surface area contributed by atoms with Crippen LogP contribution in [0.15, 0.2) is 30.5 Å². The standard InChI is InChI=1S/C19H23ClN2O3/c1-12-10-21-16(13(2)17(12)24-5)11-22-18(23)19(3,4)25-15-8-6-14(20)7-9-15/h6-10H,11H2,1-5H3,(H,22,23). The van der Waals surface area contributed by atoms with E-state index >= 15 is 0 Å². The highest BCUT2D eigenvalue weighted by Gasteiger charge is 2.30. The average Bonchev–Trinajstić information content (AvgIpc) is 2.56. The topological polar surface area (TPSA) is 60.5 Å². The van der Waals surface area contributed by atoms with Crippen molar-refractivity contribution < 1.29 is 14.3 Å². The van der Waals surface area contributed by atoms with Crippen molar-refractivity contribution >= 4 is 17.5 Å². The van der Waals surface area contributed by atoms with E-state index < -0.39 is 5.60 Å². The number of amides is 1. The molecule has 1 N–H and O–H groups in total. The van der Waals surface area contributed by atoms with Gasteiger partial charge in [0.15, 0.2) is 5.60 Å². The van der Waals surface area contributed by atoms with Gasteiger partial charge in [-0.1, -0.05) is 11.6 Å². The quantitative estimate of drug-likeness (QED) is 0.848. The molecule has 0 unspecified atom stereocenters. The van der Waals surface area contributed by atoms with Gasteiger partial charge in [-0.05, 0) is 52.0 Å². The lowest BCUT2D eigenvalue weighted by molar-refractivity contribution is -0.134. The molecule has 25 heavy (non-hydrogen) atoms. The maximum Gasteiger partial charge on any atom is 0.263 e. The number of aromatic nitrogens is 1. The molecule has 0 radical (unpaired) electrons. The average molecular weight is 363 g/mol. The van der Waals surface area contributed by atoms with Crippen molar-refractivity contribution in [3.05, 3.63) is 52.3 Å². The lowest BCUT2D eigenvalue weighted by Crippen LogP contribution is -2.46. The van der Waals surface area contributed by atoms with E-state index in [2.05, 4.69) is 10.3 Å². The van der Waals surface area contributed by atoms with Crippen molar-refractivity contribution in [2.24, 2.45) is 0 Å². The molecule has 1 aromatic heterocycles. The van der Waals surface area contributed by atoms with Crippen LogP contribution in [-0.4, -0.2) is 23.6 Å². The predicted molar refractivity (Wildman–Crippen MR) is 98.3 cm³/mol. The summed E-state index contributed by atoms with van der Waals surface area (Å²) in [6, 6.07) is 6.90. The van der Waals surface area contributed by atoms with Gasteiger partial charge in [-0.15, -0.1) is 0 Å². The summed E-state index contributed by atoms with van der Waals surface area (Å²) in [6.45, 7) is 7.59. The molecule has 6 heteroatoms. The zero-order valence-electron chi connectivity index (χ0n) is 15.1. The van der Waals surface area contributed by atoms with Gasteiger partial charge in [-0.2, -0.15) is 0 Å². The fraction of sp³-hybridized carbons (Fsp3) is 0.368. The first-order valence-corrected chi connectivity index (χ1v) is 8.34. The van der Waals surface area contributed by atoms with Gasteiger partial charge in [0.05, 0.1) is 19.3 Å². The van der Waals surface area contributed by atoms with Gasteiger partial charge < -0.3 is 14.8 Å². The van der Waals surface area contributed by atoms with Crippen molar-refractivity contribution in [3.8, 4) is 11.5 Å². The Balaban J connectivity index is 2.05. The zero-order chi connectivity index (χ0) is 18.6. The summed E-state index contributed by atoms with van der Waals surface area (Å²) < 4.78 is 11.2. The largest absolute Gasteiger partial charge is 0.496 e. The minimum atomic E-state index is -1.03. The van der Waals surface area contributed by atoms with E-state index in [4.69, 9.17) is 21.1 Å². The van der Waals surface area contributed by atoms with Gasteiger partial charge in [0.1, 0.15) is 11.5 Å². The van der Waals surface area contributed by atoms with Gasteiger partial charge in [-0.3, -0.25) is 9.78 Å². The number of nitrogens with one attached hydrogen (secondary N) is 1. The van der Waals surface area contributed by atoms with E-state index in [9.17, 15) is 4.79 Å². The Hall–Kier alpha value is -2.27. The van der Waals surface area contributed by atoms with E-state index in [-0.39, 0.29) is 5.91 Å². The Morgan fingerprint density at radius 3 is 2.48 bits per heavy atom. The number of hydrogen-bond donors (Lipinski definition) is 1. The highest BCUT2D eigenvalue weighted by Crippen LogP contribution is 2.24. The van der Waals surface area contributed by atoms with Crippen LogP contribution in [0.3, 0.4) is 0 Å². The summed E-state index contributed by atoms with van der Waals surface area (Å²) in [6.07, 6.45) is 1.74. The Morgan fingerprint density at radius 2 is 1.88 bits per heavy atom. The number of halogens is 1. The molecule has 1 heterocycles. The third-order valence-electron chi connectivity index (χ3n) is 3.90. The van der Waals surface area contributed by atoms with Crippen LogP contribution in [0.25, 0.3) is 0 Å². The minimum Gasteiger partial charge on any atom is -0.496 e. The summed E-state index contributed by atoms with van der Waals surface area (Å²) in [7, 11) is 1.63. The van der Waals surface area contributed by atoms with E-state index in [1.54, 1.807) is 51.4 Å². The second-order valence-electron chi connectivity index (χ2n) is 6.30. The molecule has 134 valence electrons. The lowest BCUT2D eigenvalue weighted by atomic mass is 10.1. The second-order valence-corrected chi connectivity index (χ2v) is 6.73. The molecule has 0 saturated heterocycles. The fourth-order valence-corrected chi connectivity index (χ4v) is 2.60. The van der Waals surface area contributed by atoms with Crippen LogP contribution < -0.4 is 14.8 Å². The number of carbonyl (C=O) groups excluding carboxylic acids is 1. The molecular formula is C19H23ClN2O3. The van der Waals surface area contributed by atoms with Gasteiger partial charge in [0.2, 0.25) is 0 Å². The Morgan fingerprint density at radius 1 is 1.24 bits per heavy atom. The van der Waals surface area contributed by atoms with Gasteiger partial charge in [0, 0.05) is 22.3 Å². The maximum atomic E-state index is 12.5. The Bertz CT molecular complexity index is 758. The van der Waals surface area contributed by atoms with Crippen molar-refractivity contribution in [2.45, 2.75) is 39.8 Å². The smallest absolute Gasteiger partial charge is 0.263 e. The summed E-state index contributed by atoms with van der Waals surface area (Å²) in [5, 5.41) is 3.49. The molecule has 5 nitrogen and oxygen atoms in total. The molecule has 0 saturated carbocycles. The number of rotatable bonds is 6. The van der Waals surface area contributed by atoms with Gasteiger partial charge >= 0.3 is 0 Å². The lowest BCUT2D eigenvalue weighted by Gasteiger charge is -2.25. The molecule has 0 aliphatic carbocycles. The molecule has 2 aromatic rings. The number of benzene rings is 1. The van der Waals surface area contributed by atoms with Gasteiger partial charge in [0.25, 0.3) is 5.91 Å². The van der Waals surface area contributed by atoms with Gasteiger partial charge in [-0.25, -0.2) is 0 Å². The van der Waals surface area contributed by atoms with Crippen LogP contribution in [0.2, 0.25) is 5.02 Å². The number of pyridine rings is 1. The Labute approximate surface area is 153 Å². The number of nitrogens with zero attached hydrogens (tertiary/aromatic N) is 1. The number of aryl methyl sites for hydroxylation is 1. The van der Waals surface area contributed by atoms with Crippen LogP contribution in [-0.2, 0) is 11.3 Å². The number of carbonyl (C=O) groups is 1. The number of methoxy groups -OCH3 is 1. The van der Waals surface area contributed by atoms with Crippen LogP contribution in [0, 0.1) is 13.8 Å². The third kappa shape index (κ3) is 4.63. The highest BCUT2D eigenvalue weighted by atomic mass is 35.5. The molecule has 2 rings (SSSR count). The monoisotopic (exact) mass is 362 g/mol. The Kier molecular flexibility index (Phi) is 5.90. The maximum absolute atomic E-state index is 12.5. The summed E-state index contributed by atoms with van der Waals surface area (Å²) >= 11 is 5.86. The summed E-state index contributed by atoms with van der Waals surface area (Å²) in [4.78, 5) is 16.9. The second kappa shape index (κ2) is 7.74. The third-order valence-corrected chi connectivity index (χ3v) is 4.15. The number of hydrogen-bond acceptors (Lipinski definition) is 4. The highest BCUT2D eigenvalue weighted by molar-refractivity contribution is 6.30. The van der Waals surface area contributed by atoms with E-state index in [0.29, 0.717) is 17.3 Å². The van der Waals surface area contributed by atoms with Crippen LogP contribution in [0.5, 0.6) is 11.5 Å². The first kappa shape index (κ1) is 19.1. The first-order valence-electron chi connectivity index (χ1n) is 7.96. The molecule has 1 amide bonds. The van der Waals surface area contributed by atoms with E-state index in [1.807, 2.05) is 13.8 Å². The molecular weight excluding hydrogens is 340 g/mol. The van der Waals surface area contributed by atoms with Crippen LogP contribution in [0.1, 0.15) is 30.7 Å². The molecule has 0 spiro atoms. The molecule has 1 aromatic carbocycles. The molecule has 0 fully saturated rings. The van der Waals surface area contributed by atoms with Crippen molar-refractivity contribution in [1.82, 2.24) is 10.3 Å². The van der Waals surface area contributed by atoms with Crippen LogP contribution in [0.4, 0.5) is 0 Å². The normalized spacial score (nSPS) is 11.1. The predicted octanol–water partition coefficient (Wildman–Crippen LogP) is 3.83. The molecule has 0 bridgehead atoms. The molecule has 0 aliphatic rings. The molecule has 0 aliphatic heterocycles. The van der Waals surface area contributed by atoms with Crippen molar-refractivity contribution in [1.29, 1.82) is 0 Å². The fourth-order valence-electron chi connectivity index (χ4n) is 2.47. The summed E-state index contributed by atoms with van der Waals surface area (Å²) in [5.74, 6) is 1.13. The van der Waals surface area contributed by atoms with Crippen molar-refractivity contribution in [3.63, 3.8) is 0 Å². The zero-order valence-corrected chi connectivity index (χ0v) is 15.9. The summed E-state index contributed by atoms with van der Waals surface area (Å²) in [5.41, 5.74) is 1.61. The first-order chi connectivity index (χ1) is 11.7. The van der Waals surface area contributed by atoms with E-state index in [1.165, 1.54) is 0 Å². The number of ether oxygens (including phenoxy) is 2.